The van der Waals surface area contributed by atoms with Gasteiger partial charge >= 0.3 is 7.82 Å². The van der Waals surface area contributed by atoms with Crippen LogP contribution in [-0.2, 0) is 14.7 Å². The summed E-state index contributed by atoms with van der Waals surface area (Å²) >= 11 is 0. The number of para-hydroxylation sites is 2. The van der Waals surface area contributed by atoms with Crippen molar-refractivity contribution in [2.75, 3.05) is 0 Å². The maximum atomic E-state index is 11.3. The molecule has 0 aliphatic rings. The second kappa shape index (κ2) is 5.50. The van der Waals surface area contributed by atoms with Gasteiger partial charge < -0.3 is 20.0 Å². The van der Waals surface area contributed by atoms with E-state index in [2.05, 4.69) is 0 Å². The summed E-state index contributed by atoms with van der Waals surface area (Å²) in [5.74, 6) is -0.395. The van der Waals surface area contributed by atoms with Crippen LogP contribution in [0.1, 0.15) is 18.1 Å². The molecule has 0 fully saturated rings. The average molecular weight is 310 g/mol. The van der Waals surface area contributed by atoms with Crippen molar-refractivity contribution in [3.8, 4) is 11.5 Å². The van der Waals surface area contributed by atoms with Gasteiger partial charge in [-0.1, -0.05) is 36.4 Å². The zero-order chi connectivity index (χ0) is 15.7. The molecule has 0 amide bonds. The largest absolute Gasteiger partial charge is 0.508 e. The number of phenolic OH excluding ortho intramolecular Hbond substituents is 2. The van der Waals surface area contributed by atoms with Gasteiger partial charge in [-0.05, 0) is 19.1 Å². The van der Waals surface area contributed by atoms with Gasteiger partial charge in [0.2, 0.25) is 0 Å². The van der Waals surface area contributed by atoms with Crippen molar-refractivity contribution in [1.29, 1.82) is 0 Å². The van der Waals surface area contributed by atoms with Gasteiger partial charge in [-0.3, -0.25) is 4.52 Å². The molecule has 0 aromatic heterocycles. The summed E-state index contributed by atoms with van der Waals surface area (Å²) in [5.41, 5.74) is -1.44. The fourth-order valence-electron chi connectivity index (χ4n) is 2.24. The Labute approximate surface area is 121 Å². The fourth-order valence-corrected chi connectivity index (χ4v) is 2.91. The summed E-state index contributed by atoms with van der Waals surface area (Å²) in [6, 6.07) is 12.0. The Morgan fingerprint density at radius 1 is 0.905 bits per heavy atom. The van der Waals surface area contributed by atoms with Crippen LogP contribution >= 0.6 is 7.82 Å². The van der Waals surface area contributed by atoms with Gasteiger partial charge in [0.25, 0.3) is 0 Å². The highest BCUT2D eigenvalue weighted by Gasteiger charge is 2.40. The molecule has 7 heteroatoms. The topological polar surface area (TPSA) is 107 Å². The summed E-state index contributed by atoms with van der Waals surface area (Å²) in [6.07, 6.45) is 0. The van der Waals surface area contributed by atoms with E-state index in [0.717, 1.165) is 0 Å². The molecule has 0 saturated heterocycles. The maximum Gasteiger partial charge on any atom is 0.470 e. The van der Waals surface area contributed by atoms with Crippen molar-refractivity contribution >= 4 is 7.82 Å². The first-order chi connectivity index (χ1) is 9.74. The molecule has 6 nitrogen and oxygen atoms in total. The van der Waals surface area contributed by atoms with Crippen LogP contribution in [0.5, 0.6) is 11.5 Å². The Bertz CT molecular complexity index is 648. The van der Waals surface area contributed by atoms with E-state index in [-0.39, 0.29) is 22.6 Å². The van der Waals surface area contributed by atoms with Crippen LogP contribution in [0.15, 0.2) is 48.5 Å². The van der Waals surface area contributed by atoms with E-state index < -0.39 is 13.4 Å². The highest BCUT2D eigenvalue weighted by molar-refractivity contribution is 7.46. The molecule has 2 aromatic carbocycles. The van der Waals surface area contributed by atoms with E-state index in [4.69, 9.17) is 4.52 Å². The van der Waals surface area contributed by atoms with Gasteiger partial charge in [0.1, 0.15) is 17.1 Å². The highest BCUT2D eigenvalue weighted by Crippen LogP contribution is 2.51. The predicted octanol–water partition coefficient (Wildman–Crippen LogP) is 2.47. The van der Waals surface area contributed by atoms with Crippen LogP contribution in [0.25, 0.3) is 0 Å². The molecule has 0 aliphatic carbocycles. The van der Waals surface area contributed by atoms with Crippen LogP contribution in [0.4, 0.5) is 0 Å². The Hall–Kier alpha value is -1.85. The first kappa shape index (κ1) is 15.5. The van der Waals surface area contributed by atoms with Crippen molar-refractivity contribution in [1.82, 2.24) is 0 Å². The summed E-state index contributed by atoms with van der Waals surface area (Å²) in [5, 5.41) is 20.0. The zero-order valence-electron chi connectivity index (χ0n) is 11.2. The molecule has 21 heavy (non-hydrogen) atoms. The number of phenols is 2. The normalized spacial score (nSPS) is 12.3. The number of hydrogen-bond acceptors (Lipinski definition) is 4. The van der Waals surface area contributed by atoms with Crippen molar-refractivity contribution in [3.05, 3.63) is 59.7 Å². The average Bonchev–Trinajstić information content (AvgIpc) is 2.37. The summed E-state index contributed by atoms with van der Waals surface area (Å²) in [4.78, 5) is 18.4. The lowest BCUT2D eigenvalue weighted by Crippen LogP contribution is -2.26. The van der Waals surface area contributed by atoms with Gasteiger partial charge in [0.05, 0.1) is 0 Å². The van der Waals surface area contributed by atoms with Gasteiger partial charge in [-0.25, -0.2) is 4.57 Å². The second-order valence-corrected chi connectivity index (χ2v) is 5.81. The number of phosphoric ester groups is 1. The van der Waals surface area contributed by atoms with E-state index in [1.165, 1.54) is 31.2 Å². The Morgan fingerprint density at radius 2 is 1.29 bits per heavy atom. The Kier molecular flexibility index (Phi) is 4.07. The molecule has 2 aromatic rings. The molecule has 0 radical (unpaired) electrons. The van der Waals surface area contributed by atoms with Gasteiger partial charge in [-0.15, -0.1) is 0 Å². The number of benzene rings is 2. The van der Waals surface area contributed by atoms with Crippen molar-refractivity contribution in [2.24, 2.45) is 0 Å². The number of aromatic hydroxyl groups is 2. The first-order valence-electron chi connectivity index (χ1n) is 6.07. The predicted molar refractivity (Wildman–Crippen MR) is 75.8 cm³/mol. The third kappa shape index (κ3) is 3.25. The molecule has 0 bridgehead atoms. The smallest absolute Gasteiger partial charge is 0.470 e. The third-order valence-corrected chi connectivity index (χ3v) is 3.74. The highest BCUT2D eigenvalue weighted by atomic mass is 31.2. The van der Waals surface area contributed by atoms with E-state index in [9.17, 15) is 24.6 Å². The van der Waals surface area contributed by atoms with E-state index in [1.54, 1.807) is 24.3 Å². The molecular weight excluding hydrogens is 295 g/mol. The second-order valence-electron chi connectivity index (χ2n) is 4.65. The van der Waals surface area contributed by atoms with E-state index in [0.29, 0.717) is 0 Å². The number of rotatable bonds is 4. The molecule has 112 valence electrons. The van der Waals surface area contributed by atoms with Crippen LogP contribution in [-0.4, -0.2) is 20.0 Å². The minimum atomic E-state index is -4.88. The van der Waals surface area contributed by atoms with E-state index in [1.807, 2.05) is 0 Å². The number of phosphoric acid groups is 1. The molecule has 0 heterocycles. The lowest BCUT2D eigenvalue weighted by Gasteiger charge is -2.31. The summed E-state index contributed by atoms with van der Waals surface area (Å²) < 4.78 is 16.2. The molecular formula is C14H15O6P. The molecule has 0 atom stereocenters. The van der Waals surface area contributed by atoms with E-state index >= 15 is 0 Å². The summed E-state index contributed by atoms with van der Waals surface area (Å²) in [6.45, 7) is 1.37. The zero-order valence-corrected chi connectivity index (χ0v) is 12.1. The van der Waals surface area contributed by atoms with Gasteiger partial charge in [-0.2, -0.15) is 0 Å². The van der Waals surface area contributed by atoms with Crippen LogP contribution < -0.4 is 0 Å². The minimum absolute atomic E-state index is 0.134. The SMILES string of the molecule is CC(OP(=O)(O)O)(c1ccccc1O)c1ccccc1O. The summed E-state index contributed by atoms with van der Waals surface area (Å²) in [7, 11) is -4.88. The standard InChI is InChI=1S/C14H15O6P/c1-14(20-21(17,18)19,10-6-2-4-8-12(10)15)11-7-3-5-9-13(11)16/h2-9,15-16H,1H3,(H2,17,18,19). The van der Waals surface area contributed by atoms with Crippen molar-refractivity contribution in [3.63, 3.8) is 0 Å². The monoisotopic (exact) mass is 310 g/mol. The van der Waals surface area contributed by atoms with Crippen LogP contribution in [0.2, 0.25) is 0 Å². The molecule has 4 N–H and O–H groups in total. The molecule has 0 saturated carbocycles. The quantitative estimate of drug-likeness (QED) is 0.646. The van der Waals surface area contributed by atoms with Crippen molar-refractivity contribution in [2.45, 2.75) is 12.5 Å². The Balaban J connectivity index is 2.69. The van der Waals surface area contributed by atoms with Gasteiger partial charge in [0.15, 0.2) is 0 Å². The fraction of sp³-hybridized carbons (Fsp3) is 0.143. The lowest BCUT2D eigenvalue weighted by atomic mass is 9.87. The van der Waals surface area contributed by atoms with Crippen molar-refractivity contribution < 1.29 is 29.1 Å². The Morgan fingerprint density at radius 3 is 1.62 bits per heavy atom. The molecule has 0 aliphatic heterocycles. The molecule has 0 unspecified atom stereocenters. The minimum Gasteiger partial charge on any atom is -0.508 e. The first-order valence-corrected chi connectivity index (χ1v) is 7.60. The molecule has 2 rings (SSSR count). The van der Waals surface area contributed by atoms with Crippen LogP contribution in [0, 0.1) is 0 Å². The lowest BCUT2D eigenvalue weighted by molar-refractivity contribution is 0.0770. The number of hydrogen-bond donors (Lipinski definition) is 4. The third-order valence-electron chi connectivity index (χ3n) is 3.14. The molecule has 0 spiro atoms. The maximum absolute atomic E-state index is 11.3. The van der Waals surface area contributed by atoms with Crippen LogP contribution in [0.3, 0.4) is 0 Å². The van der Waals surface area contributed by atoms with Gasteiger partial charge in [0, 0.05) is 11.1 Å².